The highest BCUT2D eigenvalue weighted by Crippen LogP contribution is 2.30. The summed E-state index contributed by atoms with van der Waals surface area (Å²) in [6, 6.07) is 22.7. The largest absolute Gasteiger partial charge is 0.453 e. The molecular weight excluding hydrogens is 611 g/mol. The molecule has 2 unspecified atom stereocenters. The molecule has 10 nitrogen and oxygen atoms in total. The summed E-state index contributed by atoms with van der Waals surface area (Å²) in [5.74, 6) is -0.957. The Kier molecular flexibility index (Phi) is 13.5. The lowest BCUT2D eigenvalue weighted by Crippen LogP contribution is -2.55. The molecule has 0 saturated carbocycles. The van der Waals surface area contributed by atoms with Gasteiger partial charge in [0, 0.05) is 29.7 Å². The molecule has 0 saturated heterocycles. The number of rotatable bonds is 17. The van der Waals surface area contributed by atoms with E-state index in [0.29, 0.717) is 18.5 Å². The van der Waals surface area contributed by atoms with Crippen molar-refractivity contribution >= 4 is 27.7 Å². The first kappa shape index (κ1) is 36.5. The third-order valence-corrected chi connectivity index (χ3v) is 9.78. The van der Waals surface area contributed by atoms with Gasteiger partial charge in [0.25, 0.3) is 0 Å². The van der Waals surface area contributed by atoms with Gasteiger partial charge in [0.15, 0.2) is 0 Å². The summed E-state index contributed by atoms with van der Waals surface area (Å²) in [4.78, 5) is 26.4. The van der Waals surface area contributed by atoms with Crippen LogP contribution in [0, 0.1) is 0 Å². The number of sulfonamides is 1. The monoisotopic (exact) mass is 656 g/mol. The number of aliphatic hydroxyl groups is 1. The molecule has 2 amide bonds. The molecule has 0 aliphatic carbocycles. The van der Waals surface area contributed by atoms with E-state index < -0.39 is 58.8 Å². The Bertz CT molecular complexity index is 1450. The molecule has 3 rings (SSSR count). The molecule has 0 spiro atoms. The highest BCUT2D eigenvalue weighted by atomic mass is 32.2. The van der Waals surface area contributed by atoms with Crippen LogP contribution in [0.25, 0.3) is 0 Å². The Morgan fingerprint density at radius 2 is 1.52 bits per heavy atom. The predicted octanol–water partition coefficient (Wildman–Crippen LogP) is 4.60. The van der Waals surface area contributed by atoms with E-state index in [9.17, 15) is 27.5 Å². The van der Waals surface area contributed by atoms with Gasteiger partial charge >= 0.3 is 6.09 Å². The lowest BCUT2D eigenvalue weighted by atomic mass is 9.84. The van der Waals surface area contributed by atoms with Crippen LogP contribution < -0.4 is 16.4 Å². The second kappa shape index (κ2) is 17.1. The lowest BCUT2D eigenvalue weighted by Gasteiger charge is -2.34. The van der Waals surface area contributed by atoms with Crippen LogP contribution in [0.4, 0.5) is 14.9 Å². The van der Waals surface area contributed by atoms with Gasteiger partial charge in [0.1, 0.15) is 6.04 Å². The molecule has 0 aromatic heterocycles. The van der Waals surface area contributed by atoms with Gasteiger partial charge in [-0.1, -0.05) is 60.7 Å². The molecule has 0 aliphatic heterocycles. The highest BCUT2D eigenvalue weighted by molar-refractivity contribution is 7.89. The van der Waals surface area contributed by atoms with Crippen molar-refractivity contribution in [3.05, 3.63) is 96.1 Å². The molecular formula is C34H45FN4O6S. The van der Waals surface area contributed by atoms with Crippen molar-refractivity contribution in [1.29, 1.82) is 0 Å². The molecule has 0 aliphatic rings. The summed E-state index contributed by atoms with van der Waals surface area (Å²) >= 11 is 0. The zero-order chi connectivity index (χ0) is 33.7. The van der Waals surface area contributed by atoms with E-state index in [0.717, 1.165) is 15.4 Å². The standard InChI is InChI=1S/C34H45FN4O6S/c1-34(2,21-10-16-28(24-40)39(23-11-22-35)46(43,44)29-19-17-27(36)18-20-29)38-32(41)31(37-33(42)45-3)30(25-12-6-4-7-13-25)26-14-8-5-9-15-26/h4-9,12-15,17-20,28,30-31,40H,10-11,16,21-24,36H2,1-3H3,(H,37,42)(H,38,41). The van der Waals surface area contributed by atoms with E-state index in [1.165, 1.54) is 31.4 Å². The van der Waals surface area contributed by atoms with Gasteiger partial charge in [-0.2, -0.15) is 4.31 Å². The Morgan fingerprint density at radius 3 is 2.02 bits per heavy atom. The van der Waals surface area contributed by atoms with E-state index in [-0.39, 0.29) is 24.3 Å². The summed E-state index contributed by atoms with van der Waals surface area (Å²) in [6.07, 6.45) is 0.330. The van der Waals surface area contributed by atoms with E-state index in [1.54, 1.807) is 0 Å². The molecule has 0 radical (unpaired) electrons. The minimum absolute atomic E-state index is 0.00198. The number of hydrogen-bond acceptors (Lipinski definition) is 7. The molecule has 3 aromatic carbocycles. The predicted molar refractivity (Wildman–Crippen MR) is 176 cm³/mol. The highest BCUT2D eigenvalue weighted by Gasteiger charge is 2.36. The number of anilines is 1. The number of alkyl carbamates (subject to hydrolysis) is 1. The first-order valence-electron chi connectivity index (χ1n) is 15.2. The van der Waals surface area contributed by atoms with Crippen LogP contribution in [-0.4, -0.2) is 74.4 Å². The van der Waals surface area contributed by atoms with Crippen LogP contribution in [0.15, 0.2) is 89.8 Å². The number of halogens is 1. The summed E-state index contributed by atoms with van der Waals surface area (Å²) in [7, 11) is -2.81. The number of alkyl halides is 1. The van der Waals surface area contributed by atoms with Crippen LogP contribution in [0.5, 0.6) is 0 Å². The van der Waals surface area contributed by atoms with Crippen molar-refractivity contribution in [3.8, 4) is 0 Å². The van der Waals surface area contributed by atoms with Gasteiger partial charge in [-0.3, -0.25) is 9.18 Å². The summed E-state index contributed by atoms with van der Waals surface area (Å²) < 4.78 is 46.1. The number of ether oxygens (including phenoxy) is 1. The van der Waals surface area contributed by atoms with Crippen molar-refractivity contribution in [1.82, 2.24) is 14.9 Å². The third kappa shape index (κ3) is 10.0. The smallest absolute Gasteiger partial charge is 0.407 e. The molecule has 0 fully saturated rings. The van der Waals surface area contributed by atoms with E-state index in [2.05, 4.69) is 10.6 Å². The Morgan fingerprint density at radius 1 is 0.957 bits per heavy atom. The normalized spacial score (nSPS) is 13.3. The minimum Gasteiger partial charge on any atom is -0.453 e. The number of benzene rings is 3. The summed E-state index contributed by atoms with van der Waals surface area (Å²) in [5.41, 5.74) is 6.99. The van der Waals surface area contributed by atoms with E-state index >= 15 is 0 Å². The second-order valence-corrected chi connectivity index (χ2v) is 13.6. The van der Waals surface area contributed by atoms with E-state index in [1.807, 2.05) is 74.5 Å². The van der Waals surface area contributed by atoms with Crippen molar-refractivity contribution < 1.29 is 32.2 Å². The van der Waals surface area contributed by atoms with Gasteiger partial charge in [0.05, 0.1) is 25.3 Å². The number of methoxy groups -OCH3 is 1. The fourth-order valence-electron chi connectivity index (χ4n) is 5.45. The topological polar surface area (TPSA) is 151 Å². The van der Waals surface area contributed by atoms with Crippen molar-refractivity contribution in [2.24, 2.45) is 0 Å². The number of nitrogens with one attached hydrogen (secondary N) is 2. The zero-order valence-corrected chi connectivity index (χ0v) is 27.4. The fraction of sp³-hybridized carbons (Fsp3) is 0.412. The maximum absolute atomic E-state index is 13.9. The quantitative estimate of drug-likeness (QED) is 0.155. The van der Waals surface area contributed by atoms with Gasteiger partial charge in [-0.05, 0) is 74.9 Å². The fourth-order valence-corrected chi connectivity index (χ4v) is 7.14. The van der Waals surface area contributed by atoms with Crippen LogP contribution in [0.1, 0.15) is 56.6 Å². The van der Waals surface area contributed by atoms with Crippen LogP contribution >= 0.6 is 0 Å². The number of amides is 2. The molecule has 250 valence electrons. The zero-order valence-electron chi connectivity index (χ0n) is 26.6. The van der Waals surface area contributed by atoms with Crippen LogP contribution in [0.2, 0.25) is 0 Å². The maximum atomic E-state index is 13.9. The number of aliphatic hydroxyl groups excluding tert-OH is 1. The summed E-state index contributed by atoms with van der Waals surface area (Å²) in [6.45, 7) is 2.39. The third-order valence-electron chi connectivity index (χ3n) is 7.81. The van der Waals surface area contributed by atoms with Crippen molar-refractivity contribution in [2.45, 2.75) is 68.0 Å². The second-order valence-electron chi connectivity index (χ2n) is 11.7. The molecule has 0 heterocycles. The van der Waals surface area contributed by atoms with Crippen molar-refractivity contribution in [2.75, 3.05) is 32.7 Å². The first-order valence-corrected chi connectivity index (χ1v) is 16.7. The molecule has 12 heteroatoms. The minimum atomic E-state index is -4.04. The Labute approximate surface area is 271 Å². The maximum Gasteiger partial charge on any atom is 0.407 e. The molecule has 0 bridgehead atoms. The number of nitrogens with zero attached hydrogens (tertiary/aromatic N) is 1. The average molecular weight is 657 g/mol. The van der Waals surface area contributed by atoms with Crippen LogP contribution in [-0.2, 0) is 19.6 Å². The lowest BCUT2D eigenvalue weighted by molar-refractivity contribution is -0.125. The van der Waals surface area contributed by atoms with Gasteiger partial charge in [0.2, 0.25) is 15.9 Å². The molecule has 46 heavy (non-hydrogen) atoms. The molecule has 5 N–H and O–H groups in total. The Hall–Kier alpha value is -4.00. The summed E-state index contributed by atoms with van der Waals surface area (Å²) in [5, 5.41) is 16.0. The average Bonchev–Trinajstić information content (AvgIpc) is 3.04. The van der Waals surface area contributed by atoms with Gasteiger partial charge in [-0.25, -0.2) is 13.2 Å². The number of carbonyl (C=O) groups is 2. The SMILES string of the molecule is COC(=O)NC(C(=O)NC(C)(C)CCCC(CO)N(CCCF)S(=O)(=O)c1ccc(N)cc1)C(c1ccccc1)c1ccccc1. The number of nitrogens with two attached hydrogens (primary N) is 1. The van der Waals surface area contributed by atoms with Crippen LogP contribution in [0.3, 0.4) is 0 Å². The van der Waals surface area contributed by atoms with Gasteiger partial charge < -0.3 is 26.2 Å². The molecule has 3 aromatic rings. The van der Waals surface area contributed by atoms with Gasteiger partial charge in [-0.15, -0.1) is 0 Å². The number of nitrogen functional groups attached to an aromatic ring is 1. The number of hydrogen-bond donors (Lipinski definition) is 4. The molecule has 2 atom stereocenters. The van der Waals surface area contributed by atoms with Crippen molar-refractivity contribution in [3.63, 3.8) is 0 Å². The Balaban J connectivity index is 1.79. The first-order chi connectivity index (χ1) is 21.9. The number of carbonyl (C=O) groups excluding carboxylic acids is 2. The van der Waals surface area contributed by atoms with E-state index in [4.69, 9.17) is 10.5 Å².